The fourth-order valence-corrected chi connectivity index (χ4v) is 4.14. The number of aliphatic hydroxyl groups excluding tert-OH is 1. The van der Waals surface area contributed by atoms with E-state index < -0.39 is 17.9 Å². The molecule has 10 nitrogen and oxygen atoms in total. The average Bonchev–Trinajstić information content (AvgIpc) is 3.49. The van der Waals surface area contributed by atoms with Crippen molar-refractivity contribution in [2.45, 2.75) is 31.8 Å². The van der Waals surface area contributed by atoms with Gasteiger partial charge in [0.1, 0.15) is 5.82 Å². The van der Waals surface area contributed by atoms with Crippen LogP contribution in [0.5, 0.6) is 0 Å². The fraction of sp³-hybridized carbons (Fsp3) is 0.280. The summed E-state index contributed by atoms with van der Waals surface area (Å²) in [5, 5.41) is 24.4. The van der Waals surface area contributed by atoms with Crippen molar-refractivity contribution in [3.8, 4) is 11.5 Å². The quantitative estimate of drug-likeness (QED) is 0.339. The molecule has 10 heteroatoms. The van der Waals surface area contributed by atoms with Gasteiger partial charge in [-0.1, -0.05) is 36.4 Å². The summed E-state index contributed by atoms with van der Waals surface area (Å²) >= 11 is 0. The number of hydrogen-bond acceptors (Lipinski definition) is 10. The predicted octanol–water partition coefficient (Wildman–Crippen LogP) is 4.33. The van der Waals surface area contributed by atoms with Crippen molar-refractivity contribution >= 4 is 17.5 Å². The second kappa shape index (κ2) is 9.41. The maximum absolute atomic E-state index is 10.1. The van der Waals surface area contributed by atoms with E-state index in [0.29, 0.717) is 17.3 Å². The normalized spacial score (nSPS) is 17.1. The Kier molecular flexibility index (Phi) is 6.16. The Balaban J connectivity index is 1.47. The fourth-order valence-electron chi connectivity index (χ4n) is 4.14. The van der Waals surface area contributed by atoms with E-state index in [4.69, 9.17) is 13.9 Å². The molecule has 3 heterocycles. The van der Waals surface area contributed by atoms with E-state index in [1.807, 2.05) is 62.4 Å². The molecule has 1 unspecified atom stereocenters. The van der Waals surface area contributed by atoms with E-state index in [1.54, 1.807) is 13.3 Å². The SMILES string of the molecule is COC1OC(C)(C)c2cc(Nc3ncc(-c4nnco4)c(N[C@H](CO)c4ccccc4)n3)ccc21. The van der Waals surface area contributed by atoms with Gasteiger partial charge in [0.05, 0.1) is 23.8 Å². The molecule has 5 rings (SSSR count). The first-order valence-corrected chi connectivity index (χ1v) is 11.2. The Labute approximate surface area is 202 Å². The monoisotopic (exact) mass is 474 g/mol. The van der Waals surface area contributed by atoms with Gasteiger partial charge in [0, 0.05) is 24.6 Å². The summed E-state index contributed by atoms with van der Waals surface area (Å²) in [6.07, 6.45) is 2.45. The standard InChI is InChI=1S/C25H26N6O4/c1-25(2)19-11-16(9-10-17(19)23(33-3)35-25)28-24-26-12-18(22-31-27-14-34-22)21(30-24)29-20(13-32)15-7-5-4-6-8-15/h4-12,14,20,23,32H,13H2,1-3H3,(H2,26,28,29,30)/t20-,23?/m1/s1. The van der Waals surface area contributed by atoms with Crippen LogP contribution >= 0.6 is 0 Å². The Bertz CT molecular complexity index is 1300. The van der Waals surface area contributed by atoms with Crippen molar-refractivity contribution in [3.05, 3.63) is 77.8 Å². The Hall–Kier alpha value is -3.86. The van der Waals surface area contributed by atoms with Crippen molar-refractivity contribution in [3.63, 3.8) is 0 Å². The first kappa shape index (κ1) is 22.9. The highest BCUT2D eigenvalue weighted by Gasteiger charge is 2.38. The zero-order valence-electron chi connectivity index (χ0n) is 19.6. The number of anilines is 3. The molecule has 2 aromatic carbocycles. The van der Waals surface area contributed by atoms with E-state index in [0.717, 1.165) is 22.4 Å². The lowest BCUT2D eigenvalue weighted by molar-refractivity contribution is -0.175. The van der Waals surface area contributed by atoms with Gasteiger partial charge in [-0.2, -0.15) is 4.98 Å². The highest BCUT2D eigenvalue weighted by molar-refractivity contribution is 5.70. The molecule has 180 valence electrons. The third kappa shape index (κ3) is 4.59. The average molecular weight is 475 g/mol. The van der Waals surface area contributed by atoms with Crippen LogP contribution in [0.25, 0.3) is 11.5 Å². The number of ether oxygens (including phenoxy) is 2. The van der Waals surface area contributed by atoms with Crippen LogP contribution in [0.2, 0.25) is 0 Å². The molecule has 0 aliphatic carbocycles. The first-order valence-electron chi connectivity index (χ1n) is 11.2. The van der Waals surface area contributed by atoms with Gasteiger partial charge in [-0.05, 0) is 37.1 Å². The van der Waals surface area contributed by atoms with Crippen LogP contribution < -0.4 is 10.6 Å². The smallest absolute Gasteiger partial charge is 0.252 e. The zero-order valence-corrected chi connectivity index (χ0v) is 19.6. The largest absolute Gasteiger partial charge is 0.423 e. The van der Waals surface area contributed by atoms with Crippen molar-refractivity contribution in [1.29, 1.82) is 0 Å². The predicted molar refractivity (Wildman–Crippen MR) is 129 cm³/mol. The van der Waals surface area contributed by atoms with E-state index in [9.17, 15) is 5.11 Å². The molecule has 0 amide bonds. The molecule has 0 saturated carbocycles. The highest BCUT2D eigenvalue weighted by atomic mass is 16.7. The van der Waals surface area contributed by atoms with Gasteiger partial charge in [-0.3, -0.25) is 0 Å². The first-order chi connectivity index (χ1) is 17.0. The molecule has 0 radical (unpaired) electrons. The molecule has 4 aromatic rings. The third-order valence-corrected chi connectivity index (χ3v) is 5.90. The van der Waals surface area contributed by atoms with Crippen LogP contribution in [0.3, 0.4) is 0 Å². The zero-order chi connectivity index (χ0) is 24.4. The molecule has 3 N–H and O–H groups in total. The van der Waals surface area contributed by atoms with Gasteiger partial charge in [0.25, 0.3) is 5.89 Å². The van der Waals surface area contributed by atoms with E-state index >= 15 is 0 Å². The van der Waals surface area contributed by atoms with E-state index in [-0.39, 0.29) is 12.5 Å². The third-order valence-electron chi connectivity index (χ3n) is 5.90. The van der Waals surface area contributed by atoms with Crippen LogP contribution in [0.15, 0.2) is 65.5 Å². The lowest BCUT2D eigenvalue weighted by Gasteiger charge is -2.20. The molecule has 0 saturated heterocycles. The minimum atomic E-state index is -0.493. The van der Waals surface area contributed by atoms with Gasteiger partial charge in [0.15, 0.2) is 6.29 Å². The minimum Gasteiger partial charge on any atom is -0.423 e. The lowest BCUT2D eigenvalue weighted by Crippen LogP contribution is -2.17. The lowest BCUT2D eigenvalue weighted by atomic mass is 9.95. The number of benzene rings is 2. The molecule has 0 spiro atoms. The van der Waals surface area contributed by atoms with Crippen LogP contribution in [-0.2, 0) is 15.1 Å². The molecule has 2 aromatic heterocycles. The van der Waals surface area contributed by atoms with Crippen molar-refractivity contribution in [1.82, 2.24) is 20.2 Å². The minimum absolute atomic E-state index is 0.138. The number of nitrogens with zero attached hydrogens (tertiary/aromatic N) is 4. The van der Waals surface area contributed by atoms with Gasteiger partial charge < -0.3 is 29.6 Å². The molecule has 35 heavy (non-hydrogen) atoms. The summed E-state index contributed by atoms with van der Waals surface area (Å²) in [6.45, 7) is 3.87. The number of aliphatic hydroxyl groups is 1. The summed E-state index contributed by atoms with van der Waals surface area (Å²) in [5.41, 5.74) is 3.76. The summed E-state index contributed by atoms with van der Waals surface area (Å²) in [4.78, 5) is 9.12. The number of aromatic nitrogens is 4. The number of nitrogens with one attached hydrogen (secondary N) is 2. The molecule has 0 fully saturated rings. The Morgan fingerprint density at radius 3 is 2.71 bits per heavy atom. The number of methoxy groups -OCH3 is 1. The summed E-state index contributed by atoms with van der Waals surface area (Å²) < 4.78 is 16.9. The molecular formula is C25H26N6O4. The molecule has 2 atom stereocenters. The summed E-state index contributed by atoms with van der Waals surface area (Å²) in [7, 11) is 1.63. The topological polar surface area (TPSA) is 127 Å². The van der Waals surface area contributed by atoms with Crippen LogP contribution in [0, 0.1) is 0 Å². The van der Waals surface area contributed by atoms with Gasteiger partial charge in [-0.15, -0.1) is 10.2 Å². The maximum Gasteiger partial charge on any atom is 0.252 e. The molecule has 0 bridgehead atoms. The van der Waals surface area contributed by atoms with Crippen molar-refractivity contribution < 1.29 is 19.0 Å². The van der Waals surface area contributed by atoms with Crippen molar-refractivity contribution in [2.75, 3.05) is 24.4 Å². The second-order valence-electron chi connectivity index (χ2n) is 8.61. The number of hydrogen-bond donors (Lipinski definition) is 3. The van der Waals surface area contributed by atoms with Gasteiger partial charge >= 0.3 is 0 Å². The molecule has 1 aliphatic rings. The molecule has 1 aliphatic heterocycles. The van der Waals surface area contributed by atoms with E-state index in [1.165, 1.54) is 6.39 Å². The Morgan fingerprint density at radius 1 is 1.17 bits per heavy atom. The number of rotatable bonds is 8. The highest BCUT2D eigenvalue weighted by Crippen LogP contribution is 2.44. The van der Waals surface area contributed by atoms with Crippen LogP contribution in [0.4, 0.5) is 17.5 Å². The summed E-state index contributed by atoms with van der Waals surface area (Å²) in [5.74, 6) is 1.07. The molecular weight excluding hydrogens is 448 g/mol. The van der Waals surface area contributed by atoms with Crippen molar-refractivity contribution in [2.24, 2.45) is 0 Å². The second-order valence-corrected chi connectivity index (χ2v) is 8.61. The Morgan fingerprint density at radius 2 is 2.00 bits per heavy atom. The van der Waals surface area contributed by atoms with E-state index in [2.05, 4.69) is 30.8 Å². The van der Waals surface area contributed by atoms with Gasteiger partial charge in [0.2, 0.25) is 12.3 Å². The van der Waals surface area contributed by atoms with Crippen LogP contribution in [0.1, 0.15) is 42.9 Å². The number of fused-ring (bicyclic) bond motifs is 1. The summed E-state index contributed by atoms with van der Waals surface area (Å²) in [6, 6.07) is 15.1. The van der Waals surface area contributed by atoms with Crippen LogP contribution in [-0.4, -0.2) is 39.0 Å². The van der Waals surface area contributed by atoms with Gasteiger partial charge in [-0.25, -0.2) is 4.98 Å². The maximum atomic E-state index is 10.1.